The highest BCUT2D eigenvalue weighted by Gasteiger charge is 2.33. The Bertz CT molecular complexity index is 543. The van der Waals surface area contributed by atoms with Crippen molar-refractivity contribution in [2.24, 2.45) is 0 Å². The van der Waals surface area contributed by atoms with Crippen LogP contribution in [0.15, 0.2) is 18.2 Å². The molecule has 1 aromatic carbocycles. The van der Waals surface area contributed by atoms with Crippen LogP contribution in [0.25, 0.3) is 0 Å². The normalized spacial score (nSPS) is 12.8. The molecule has 0 saturated heterocycles. The lowest BCUT2D eigenvalue weighted by atomic mass is 10.3. The van der Waals surface area contributed by atoms with Gasteiger partial charge in [-0.2, -0.15) is 0 Å². The van der Waals surface area contributed by atoms with Crippen LogP contribution in [0.4, 0.5) is 0 Å². The van der Waals surface area contributed by atoms with E-state index >= 15 is 0 Å². The summed E-state index contributed by atoms with van der Waals surface area (Å²) in [4.78, 5) is 11.6. The van der Waals surface area contributed by atoms with Crippen LogP contribution in [0.1, 0.15) is 6.92 Å². The summed E-state index contributed by atoms with van der Waals surface area (Å²) in [5, 5.41) is 0.715. The fraction of sp³-hybridized carbons (Fsp3) is 0.417. The van der Waals surface area contributed by atoms with Crippen LogP contribution < -0.4 is 4.74 Å². The van der Waals surface area contributed by atoms with Crippen molar-refractivity contribution < 1.29 is 27.9 Å². The minimum absolute atomic E-state index is 0.266. The fourth-order valence-corrected chi connectivity index (χ4v) is 2.84. The Kier molecular flexibility index (Phi) is 6.97. The number of carbonyl (C=O) groups excluding carboxylic acids is 1. The topological polar surface area (TPSA) is 71.1 Å². The number of ether oxygens (including phenoxy) is 2. The number of halogens is 2. The molecule has 0 amide bonds. The first-order valence-corrected chi connectivity index (χ1v) is 8.17. The zero-order chi connectivity index (χ0) is 16.0. The molecule has 0 aliphatic rings. The molecule has 0 aromatic heterocycles. The van der Waals surface area contributed by atoms with Gasteiger partial charge in [0.25, 0.3) is 0 Å². The lowest BCUT2D eigenvalue weighted by Crippen LogP contribution is -2.21. The highest BCUT2D eigenvalue weighted by molar-refractivity contribution is 7.54. The summed E-state index contributed by atoms with van der Waals surface area (Å²) in [6.07, 6.45) is 0. The zero-order valence-corrected chi connectivity index (χ0v) is 14.1. The quantitative estimate of drug-likeness (QED) is 0.547. The van der Waals surface area contributed by atoms with Crippen molar-refractivity contribution in [2.75, 3.05) is 20.8 Å². The Morgan fingerprint density at radius 2 is 1.90 bits per heavy atom. The van der Waals surface area contributed by atoms with Gasteiger partial charge in [0.15, 0.2) is 12.5 Å². The third-order valence-electron chi connectivity index (χ3n) is 2.50. The van der Waals surface area contributed by atoms with E-state index in [1.807, 2.05) is 0 Å². The standard InChI is InChI=1S/C12H15Cl2O6P/c1-8(21(16,17-2)18-3)20-12(15)7-19-11-5-4-9(13)6-10(11)14/h4-6,8H,7H2,1-3H3/t8-/m0/s1. The molecule has 0 aliphatic carbocycles. The minimum atomic E-state index is -3.48. The van der Waals surface area contributed by atoms with Gasteiger partial charge in [0, 0.05) is 19.2 Å². The molecule has 0 fully saturated rings. The third-order valence-corrected chi connectivity index (χ3v) is 5.04. The van der Waals surface area contributed by atoms with E-state index in [-0.39, 0.29) is 10.8 Å². The van der Waals surface area contributed by atoms with Crippen LogP contribution in [-0.2, 0) is 23.1 Å². The molecule has 9 heteroatoms. The van der Waals surface area contributed by atoms with Gasteiger partial charge in [-0.25, -0.2) is 4.79 Å². The van der Waals surface area contributed by atoms with E-state index < -0.39 is 26.0 Å². The first kappa shape index (κ1) is 18.3. The molecule has 0 aliphatic heterocycles. The smallest absolute Gasteiger partial charge is 0.370 e. The Morgan fingerprint density at radius 1 is 1.29 bits per heavy atom. The van der Waals surface area contributed by atoms with E-state index in [2.05, 4.69) is 0 Å². The van der Waals surface area contributed by atoms with Gasteiger partial charge in [-0.15, -0.1) is 0 Å². The Balaban J connectivity index is 2.56. The Morgan fingerprint density at radius 3 is 2.43 bits per heavy atom. The first-order valence-electron chi connectivity index (χ1n) is 5.81. The van der Waals surface area contributed by atoms with Gasteiger partial charge in [0.2, 0.25) is 0 Å². The summed E-state index contributed by atoms with van der Waals surface area (Å²) in [5.74, 6) is -1.50. The second-order valence-electron chi connectivity index (χ2n) is 3.86. The fourth-order valence-electron chi connectivity index (χ4n) is 1.39. The van der Waals surface area contributed by atoms with E-state index in [1.165, 1.54) is 33.3 Å². The largest absolute Gasteiger partial charge is 0.480 e. The molecule has 0 heterocycles. The second kappa shape index (κ2) is 8.01. The molecule has 0 spiro atoms. The van der Waals surface area contributed by atoms with Crippen LogP contribution in [0.5, 0.6) is 5.75 Å². The van der Waals surface area contributed by atoms with Crippen LogP contribution in [0.3, 0.4) is 0 Å². The van der Waals surface area contributed by atoms with Crippen molar-refractivity contribution in [1.29, 1.82) is 0 Å². The molecule has 0 radical (unpaired) electrons. The van der Waals surface area contributed by atoms with Crippen LogP contribution in [-0.4, -0.2) is 32.6 Å². The average molecular weight is 357 g/mol. The number of benzene rings is 1. The molecule has 1 atom stereocenters. The number of carbonyl (C=O) groups is 1. The molecule has 0 bridgehead atoms. The lowest BCUT2D eigenvalue weighted by molar-refractivity contribution is -0.148. The van der Waals surface area contributed by atoms with Gasteiger partial charge < -0.3 is 18.5 Å². The summed E-state index contributed by atoms with van der Waals surface area (Å²) in [6.45, 7) is 1.00. The van der Waals surface area contributed by atoms with Crippen LogP contribution >= 0.6 is 30.8 Å². The third kappa shape index (κ3) is 5.16. The maximum absolute atomic E-state index is 12.0. The number of rotatable bonds is 7. The number of hydrogen-bond acceptors (Lipinski definition) is 6. The van der Waals surface area contributed by atoms with Crippen molar-refractivity contribution in [3.05, 3.63) is 28.2 Å². The number of hydrogen-bond donors (Lipinski definition) is 0. The molecule has 1 rings (SSSR count). The molecular formula is C12H15Cl2O6P. The van der Waals surface area contributed by atoms with Crippen molar-refractivity contribution >= 4 is 36.8 Å². The minimum Gasteiger partial charge on any atom is -0.480 e. The molecule has 0 unspecified atom stereocenters. The molecule has 21 heavy (non-hydrogen) atoms. The summed E-state index contributed by atoms with van der Waals surface area (Å²) < 4.78 is 31.5. The van der Waals surface area contributed by atoms with Crippen molar-refractivity contribution in [3.8, 4) is 5.75 Å². The van der Waals surface area contributed by atoms with E-state index in [0.29, 0.717) is 5.02 Å². The van der Waals surface area contributed by atoms with Gasteiger partial charge in [-0.05, 0) is 25.1 Å². The molecule has 6 nitrogen and oxygen atoms in total. The van der Waals surface area contributed by atoms with Crippen LogP contribution in [0, 0.1) is 0 Å². The first-order chi connectivity index (χ1) is 9.82. The van der Waals surface area contributed by atoms with Crippen molar-refractivity contribution in [3.63, 3.8) is 0 Å². The average Bonchev–Trinajstić information content (AvgIpc) is 2.45. The Hall–Kier alpha value is -0.780. The van der Waals surface area contributed by atoms with Gasteiger partial charge in [-0.3, -0.25) is 4.57 Å². The molecule has 0 N–H and O–H groups in total. The predicted octanol–water partition coefficient (Wildman–Crippen LogP) is 3.75. The number of esters is 1. The molecular weight excluding hydrogens is 342 g/mol. The highest BCUT2D eigenvalue weighted by atomic mass is 35.5. The van der Waals surface area contributed by atoms with E-state index in [0.717, 1.165) is 0 Å². The SMILES string of the molecule is COP(=O)(OC)[C@@H](C)OC(=O)COc1ccc(Cl)cc1Cl. The van der Waals surface area contributed by atoms with E-state index in [1.54, 1.807) is 6.07 Å². The molecule has 1 aromatic rings. The van der Waals surface area contributed by atoms with Gasteiger partial charge in [-0.1, -0.05) is 23.2 Å². The van der Waals surface area contributed by atoms with Crippen molar-refractivity contribution in [2.45, 2.75) is 12.8 Å². The maximum atomic E-state index is 12.0. The molecule has 118 valence electrons. The summed E-state index contributed by atoms with van der Waals surface area (Å²) in [7, 11) is -1.07. The van der Waals surface area contributed by atoms with Gasteiger partial charge in [0.1, 0.15) is 5.75 Å². The van der Waals surface area contributed by atoms with E-state index in [9.17, 15) is 9.36 Å². The molecule has 0 saturated carbocycles. The van der Waals surface area contributed by atoms with Gasteiger partial charge >= 0.3 is 13.6 Å². The zero-order valence-electron chi connectivity index (χ0n) is 11.7. The predicted molar refractivity (Wildman–Crippen MR) is 79.1 cm³/mol. The summed E-state index contributed by atoms with van der Waals surface area (Å²) in [6, 6.07) is 4.58. The van der Waals surface area contributed by atoms with E-state index in [4.69, 9.17) is 41.7 Å². The highest BCUT2D eigenvalue weighted by Crippen LogP contribution is 2.51. The summed E-state index contributed by atoms with van der Waals surface area (Å²) >= 11 is 11.6. The lowest BCUT2D eigenvalue weighted by Gasteiger charge is -2.20. The summed E-state index contributed by atoms with van der Waals surface area (Å²) in [5.41, 5.74) is 0. The van der Waals surface area contributed by atoms with Gasteiger partial charge in [0.05, 0.1) is 5.02 Å². The van der Waals surface area contributed by atoms with Crippen molar-refractivity contribution in [1.82, 2.24) is 0 Å². The maximum Gasteiger partial charge on any atom is 0.370 e. The van der Waals surface area contributed by atoms with Crippen LogP contribution in [0.2, 0.25) is 10.0 Å². The Labute approximate surface area is 132 Å². The monoisotopic (exact) mass is 356 g/mol. The second-order valence-corrected chi connectivity index (χ2v) is 7.24.